The summed E-state index contributed by atoms with van der Waals surface area (Å²) in [5.74, 6) is -0.565. The van der Waals surface area contributed by atoms with Crippen LogP contribution in [-0.4, -0.2) is 23.2 Å². The molecule has 0 unspecified atom stereocenters. The van der Waals surface area contributed by atoms with Crippen molar-refractivity contribution in [3.8, 4) is 0 Å². The van der Waals surface area contributed by atoms with Crippen molar-refractivity contribution < 1.29 is 12.8 Å². The fourth-order valence-electron chi connectivity index (χ4n) is 2.05. The van der Waals surface area contributed by atoms with Gasteiger partial charge >= 0.3 is 0 Å². The van der Waals surface area contributed by atoms with E-state index in [1.165, 1.54) is 23.9 Å². The molecule has 0 saturated heterocycles. The number of hydrogen-bond donors (Lipinski definition) is 1. The molecule has 3 aromatic rings. The highest BCUT2D eigenvalue weighted by Crippen LogP contribution is 2.33. The number of para-hydroxylation sites is 1. The fourth-order valence-corrected chi connectivity index (χ4v) is 4.05. The van der Waals surface area contributed by atoms with Crippen LogP contribution in [0.5, 0.6) is 0 Å². The second-order valence-corrected chi connectivity index (χ2v) is 8.03. The highest BCUT2D eigenvalue weighted by molar-refractivity contribution is 7.99. The Morgan fingerprint density at radius 3 is 2.64 bits per heavy atom. The summed E-state index contributed by atoms with van der Waals surface area (Å²) < 4.78 is 43.1. The Bertz CT molecular complexity index is 1020. The zero-order chi connectivity index (χ0) is 18.0. The van der Waals surface area contributed by atoms with E-state index < -0.39 is 15.8 Å². The first-order valence-electron chi connectivity index (χ1n) is 7.27. The number of nitrogens with zero attached hydrogens (tertiary/aromatic N) is 3. The predicted molar refractivity (Wildman–Crippen MR) is 93.5 cm³/mol. The highest BCUT2D eigenvalue weighted by Gasteiger charge is 2.18. The molecular weight excluding hydrogens is 363 g/mol. The molecule has 6 nitrogen and oxygen atoms in total. The lowest BCUT2D eigenvalue weighted by Gasteiger charge is -2.12. The quantitative estimate of drug-likeness (QED) is 0.738. The van der Waals surface area contributed by atoms with Crippen LogP contribution in [-0.2, 0) is 17.1 Å². The van der Waals surface area contributed by atoms with E-state index in [2.05, 4.69) is 14.9 Å². The van der Waals surface area contributed by atoms with E-state index in [4.69, 9.17) is 0 Å². The Balaban J connectivity index is 1.92. The van der Waals surface area contributed by atoms with Gasteiger partial charge < -0.3 is 4.57 Å². The van der Waals surface area contributed by atoms with Crippen molar-refractivity contribution in [1.82, 2.24) is 14.8 Å². The number of benzene rings is 2. The average molecular weight is 378 g/mol. The van der Waals surface area contributed by atoms with E-state index in [1.807, 2.05) is 0 Å². The van der Waals surface area contributed by atoms with Gasteiger partial charge in [0.05, 0.1) is 10.6 Å². The van der Waals surface area contributed by atoms with E-state index in [0.29, 0.717) is 21.3 Å². The molecule has 0 aliphatic carbocycles. The number of aromatic nitrogens is 3. The van der Waals surface area contributed by atoms with E-state index in [1.54, 1.807) is 49.1 Å². The third-order valence-electron chi connectivity index (χ3n) is 3.46. The summed E-state index contributed by atoms with van der Waals surface area (Å²) in [5, 5.41) is 8.40. The largest absolute Gasteiger partial charge is 0.311 e. The fraction of sp³-hybridized carbons (Fsp3) is 0.125. The van der Waals surface area contributed by atoms with Crippen LogP contribution < -0.4 is 4.72 Å². The molecule has 0 saturated carbocycles. The molecule has 130 valence electrons. The second kappa shape index (κ2) is 6.85. The van der Waals surface area contributed by atoms with Crippen LogP contribution in [0.25, 0.3) is 0 Å². The molecule has 0 radical (unpaired) electrons. The van der Waals surface area contributed by atoms with Crippen molar-refractivity contribution in [3.05, 3.63) is 60.2 Å². The third kappa shape index (κ3) is 3.83. The number of anilines is 1. The molecule has 0 fully saturated rings. The second-order valence-electron chi connectivity index (χ2n) is 5.34. The van der Waals surface area contributed by atoms with Gasteiger partial charge in [0, 0.05) is 11.9 Å². The van der Waals surface area contributed by atoms with Gasteiger partial charge in [-0.15, -0.1) is 10.2 Å². The Morgan fingerprint density at radius 2 is 1.96 bits per heavy atom. The van der Waals surface area contributed by atoms with Crippen LogP contribution in [0.4, 0.5) is 10.1 Å². The van der Waals surface area contributed by atoms with Crippen molar-refractivity contribution >= 4 is 27.5 Å². The zero-order valence-corrected chi connectivity index (χ0v) is 15.1. The molecule has 0 bridgehead atoms. The topological polar surface area (TPSA) is 76.9 Å². The summed E-state index contributed by atoms with van der Waals surface area (Å²) in [4.78, 5) is 0.531. The van der Waals surface area contributed by atoms with Crippen molar-refractivity contribution in [2.75, 3.05) is 4.72 Å². The number of halogens is 1. The SMILES string of the molecule is Cc1ccc(S(=O)(=O)Nc2ccccc2Sc2nncn2C)cc1F. The van der Waals surface area contributed by atoms with Gasteiger partial charge in [-0.1, -0.05) is 18.2 Å². The van der Waals surface area contributed by atoms with Crippen LogP contribution in [0.3, 0.4) is 0 Å². The zero-order valence-electron chi connectivity index (χ0n) is 13.5. The number of nitrogens with one attached hydrogen (secondary N) is 1. The lowest BCUT2D eigenvalue weighted by Crippen LogP contribution is -2.14. The van der Waals surface area contributed by atoms with E-state index >= 15 is 0 Å². The molecule has 0 amide bonds. The standard InChI is InChI=1S/C16H15FN4O2S2/c1-11-7-8-12(9-13(11)17)25(22,23)20-14-5-3-4-6-15(14)24-16-19-18-10-21(16)2/h3-10,20H,1-2H3. The molecule has 0 spiro atoms. The van der Waals surface area contributed by atoms with Crippen LogP contribution in [0.15, 0.2) is 63.7 Å². The van der Waals surface area contributed by atoms with Crippen molar-refractivity contribution in [1.29, 1.82) is 0 Å². The normalized spacial score (nSPS) is 11.5. The maximum Gasteiger partial charge on any atom is 0.262 e. The summed E-state index contributed by atoms with van der Waals surface area (Å²) in [6, 6.07) is 10.7. The maximum atomic E-state index is 13.7. The van der Waals surface area contributed by atoms with Crippen molar-refractivity contribution in [3.63, 3.8) is 0 Å². The van der Waals surface area contributed by atoms with Crippen molar-refractivity contribution in [2.45, 2.75) is 21.9 Å². The molecule has 1 aromatic heterocycles. The van der Waals surface area contributed by atoms with Gasteiger partial charge in [0.1, 0.15) is 12.1 Å². The number of sulfonamides is 1. The Labute approximate surface area is 149 Å². The van der Waals surface area contributed by atoms with Gasteiger partial charge in [0.2, 0.25) is 0 Å². The van der Waals surface area contributed by atoms with E-state index in [0.717, 1.165) is 6.07 Å². The summed E-state index contributed by atoms with van der Waals surface area (Å²) in [5.41, 5.74) is 0.772. The first-order chi connectivity index (χ1) is 11.9. The molecule has 0 aliphatic rings. The molecule has 1 heterocycles. The average Bonchev–Trinajstić information content (AvgIpc) is 2.96. The van der Waals surface area contributed by atoms with Crippen LogP contribution in [0.2, 0.25) is 0 Å². The molecule has 3 rings (SSSR count). The summed E-state index contributed by atoms with van der Waals surface area (Å²) in [6.45, 7) is 1.58. The predicted octanol–water partition coefficient (Wildman–Crippen LogP) is 3.21. The van der Waals surface area contributed by atoms with Crippen LogP contribution in [0, 0.1) is 12.7 Å². The molecule has 1 N–H and O–H groups in total. The highest BCUT2D eigenvalue weighted by atomic mass is 32.2. The monoisotopic (exact) mass is 378 g/mol. The van der Waals surface area contributed by atoms with Gasteiger partial charge in [0.15, 0.2) is 5.16 Å². The Kier molecular flexibility index (Phi) is 4.78. The lowest BCUT2D eigenvalue weighted by molar-refractivity contribution is 0.593. The molecule has 25 heavy (non-hydrogen) atoms. The molecule has 0 atom stereocenters. The first-order valence-corrected chi connectivity index (χ1v) is 9.56. The van der Waals surface area contributed by atoms with E-state index in [-0.39, 0.29) is 4.90 Å². The minimum absolute atomic E-state index is 0.130. The lowest BCUT2D eigenvalue weighted by atomic mass is 10.2. The molecule has 2 aromatic carbocycles. The third-order valence-corrected chi connectivity index (χ3v) is 5.95. The molecule has 9 heteroatoms. The summed E-state index contributed by atoms with van der Waals surface area (Å²) in [7, 11) is -2.11. The van der Waals surface area contributed by atoms with Gasteiger partial charge in [-0.3, -0.25) is 4.72 Å². The van der Waals surface area contributed by atoms with Crippen molar-refractivity contribution in [2.24, 2.45) is 7.05 Å². The van der Waals surface area contributed by atoms with Gasteiger partial charge in [-0.05, 0) is 48.5 Å². The minimum Gasteiger partial charge on any atom is -0.311 e. The summed E-state index contributed by atoms with van der Waals surface area (Å²) in [6.07, 6.45) is 1.56. The first kappa shape index (κ1) is 17.4. The van der Waals surface area contributed by atoms with E-state index in [9.17, 15) is 12.8 Å². The Morgan fingerprint density at radius 1 is 1.20 bits per heavy atom. The Hall–Kier alpha value is -2.39. The maximum absolute atomic E-state index is 13.7. The smallest absolute Gasteiger partial charge is 0.262 e. The minimum atomic E-state index is -3.91. The number of hydrogen-bond acceptors (Lipinski definition) is 5. The van der Waals surface area contributed by atoms with Gasteiger partial charge in [-0.2, -0.15) is 0 Å². The summed E-state index contributed by atoms with van der Waals surface area (Å²) >= 11 is 1.28. The molecular formula is C16H15FN4O2S2. The van der Waals surface area contributed by atoms with Gasteiger partial charge in [-0.25, -0.2) is 12.8 Å². The van der Waals surface area contributed by atoms with Crippen LogP contribution >= 0.6 is 11.8 Å². The van der Waals surface area contributed by atoms with Gasteiger partial charge in [0.25, 0.3) is 10.0 Å². The van der Waals surface area contributed by atoms with Crippen LogP contribution in [0.1, 0.15) is 5.56 Å². The number of rotatable bonds is 5. The number of aryl methyl sites for hydroxylation is 2. The molecule has 0 aliphatic heterocycles.